The summed E-state index contributed by atoms with van der Waals surface area (Å²) in [6.07, 6.45) is 1.88. The third-order valence-electron chi connectivity index (χ3n) is 7.49. The van der Waals surface area contributed by atoms with Crippen molar-refractivity contribution in [3.05, 3.63) is 95.0 Å². The molecule has 0 spiro atoms. The molecule has 2 aliphatic rings. The van der Waals surface area contributed by atoms with E-state index >= 15 is 0 Å². The number of rotatable bonds is 8. The first-order valence-electron chi connectivity index (χ1n) is 13.9. The molecule has 2 amide bonds. The number of nitrogens with one attached hydrogen (secondary N) is 1. The standard InChI is InChI=1S/C32H31ClN4O4S/c1-40-26-16-8-5-13-23(26)31-29-30(21-10-3-2-4-11-21)35-37(25-15-7-6-14-24(25)33)32(29)36(28(39)20-42-31)19-27(38)34-18-22-12-9-17-41-22/h2-8,10-11,13-16,22,31H,9,12,17-20H2,1H3,(H,34,38)/t22-,31-/m1/s1. The van der Waals surface area contributed by atoms with Gasteiger partial charge in [-0.2, -0.15) is 5.10 Å². The lowest BCUT2D eigenvalue weighted by atomic mass is 9.99. The predicted octanol–water partition coefficient (Wildman–Crippen LogP) is 5.67. The minimum absolute atomic E-state index is 0.00633. The molecule has 0 saturated carbocycles. The molecule has 2 atom stereocenters. The van der Waals surface area contributed by atoms with E-state index in [9.17, 15) is 9.59 Å². The molecule has 216 valence electrons. The maximum atomic E-state index is 13.9. The molecular formula is C32H31ClN4O4S. The molecule has 1 aromatic heterocycles. The van der Waals surface area contributed by atoms with E-state index in [0.717, 1.165) is 29.5 Å². The number of hydrogen-bond acceptors (Lipinski definition) is 6. The lowest BCUT2D eigenvalue weighted by molar-refractivity contribution is -0.123. The molecule has 3 aromatic carbocycles. The average Bonchev–Trinajstić information content (AvgIpc) is 3.66. The topological polar surface area (TPSA) is 85.7 Å². The molecule has 0 aliphatic carbocycles. The highest BCUT2D eigenvalue weighted by Crippen LogP contribution is 2.50. The molecule has 10 heteroatoms. The second-order valence-corrected chi connectivity index (χ2v) is 11.7. The lowest BCUT2D eigenvalue weighted by Crippen LogP contribution is -2.44. The number of amides is 2. The zero-order valence-electron chi connectivity index (χ0n) is 23.2. The van der Waals surface area contributed by atoms with Crippen molar-refractivity contribution in [3.63, 3.8) is 0 Å². The number of ether oxygens (including phenoxy) is 2. The summed E-state index contributed by atoms with van der Waals surface area (Å²) in [4.78, 5) is 28.8. The van der Waals surface area contributed by atoms with E-state index in [4.69, 9.17) is 26.2 Å². The van der Waals surface area contributed by atoms with Gasteiger partial charge in [-0.1, -0.05) is 72.3 Å². The van der Waals surface area contributed by atoms with Crippen LogP contribution in [0.5, 0.6) is 5.75 Å². The van der Waals surface area contributed by atoms with Crippen LogP contribution >= 0.6 is 23.4 Å². The smallest absolute Gasteiger partial charge is 0.240 e. The van der Waals surface area contributed by atoms with E-state index in [1.807, 2.05) is 72.8 Å². The largest absolute Gasteiger partial charge is 0.496 e. The summed E-state index contributed by atoms with van der Waals surface area (Å²) in [7, 11) is 1.64. The Kier molecular flexibility index (Phi) is 8.51. The predicted molar refractivity (Wildman–Crippen MR) is 166 cm³/mol. The number of fused-ring (bicyclic) bond motifs is 1. The first kappa shape index (κ1) is 28.3. The summed E-state index contributed by atoms with van der Waals surface area (Å²) < 4.78 is 13.2. The highest BCUT2D eigenvalue weighted by molar-refractivity contribution is 8.00. The van der Waals surface area contributed by atoms with Crippen LogP contribution in [-0.2, 0) is 14.3 Å². The third-order valence-corrected chi connectivity index (χ3v) is 9.05. The Labute approximate surface area is 253 Å². The highest BCUT2D eigenvalue weighted by Gasteiger charge is 2.39. The highest BCUT2D eigenvalue weighted by atomic mass is 35.5. The Morgan fingerprint density at radius 2 is 1.86 bits per heavy atom. The molecule has 8 nitrogen and oxygen atoms in total. The van der Waals surface area contributed by atoms with Gasteiger partial charge in [0.1, 0.15) is 18.1 Å². The molecule has 3 heterocycles. The first-order valence-corrected chi connectivity index (χ1v) is 15.3. The van der Waals surface area contributed by atoms with Crippen molar-refractivity contribution in [2.45, 2.75) is 24.2 Å². The Bertz CT molecular complexity index is 1590. The Hall–Kier alpha value is -3.79. The molecule has 0 bridgehead atoms. The van der Waals surface area contributed by atoms with Crippen molar-refractivity contribution in [2.24, 2.45) is 0 Å². The van der Waals surface area contributed by atoms with Gasteiger partial charge in [0.05, 0.1) is 40.6 Å². The SMILES string of the molecule is COc1ccccc1[C@H]1SCC(=O)N(CC(=O)NC[C@H]2CCCO2)c2c1c(-c1ccccc1)nn2-c1ccccc1Cl. The van der Waals surface area contributed by atoms with Gasteiger partial charge in [0.15, 0.2) is 0 Å². The zero-order valence-corrected chi connectivity index (χ0v) is 24.7. The van der Waals surface area contributed by atoms with Crippen molar-refractivity contribution >= 4 is 41.0 Å². The molecule has 4 aromatic rings. The van der Waals surface area contributed by atoms with Crippen LogP contribution in [0.15, 0.2) is 78.9 Å². The number of carbonyl (C=O) groups excluding carboxylic acids is 2. The maximum Gasteiger partial charge on any atom is 0.240 e. The van der Waals surface area contributed by atoms with Crippen LogP contribution in [0.3, 0.4) is 0 Å². The van der Waals surface area contributed by atoms with Crippen LogP contribution in [0.25, 0.3) is 16.9 Å². The molecule has 1 fully saturated rings. The summed E-state index contributed by atoms with van der Waals surface area (Å²) in [6.45, 7) is 0.947. The number of hydrogen-bond donors (Lipinski definition) is 1. The first-order chi connectivity index (χ1) is 20.5. The number of thioether (sulfide) groups is 1. The fraction of sp³-hybridized carbons (Fsp3) is 0.281. The fourth-order valence-corrected chi connectivity index (χ4v) is 6.92. The number of benzene rings is 3. The van der Waals surface area contributed by atoms with Crippen LogP contribution in [-0.4, -0.2) is 60.3 Å². The van der Waals surface area contributed by atoms with Crippen LogP contribution in [0, 0.1) is 0 Å². The minimum Gasteiger partial charge on any atom is -0.496 e. The monoisotopic (exact) mass is 602 g/mol. The molecule has 0 radical (unpaired) electrons. The summed E-state index contributed by atoms with van der Waals surface area (Å²) >= 11 is 8.22. The minimum atomic E-state index is -0.313. The fourth-order valence-electron chi connectivity index (χ4n) is 5.48. The molecule has 2 aliphatic heterocycles. The number of nitrogens with zero attached hydrogens (tertiary/aromatic N) is 3. The van der Waals surface area contributed by atoms with Crippen LogP contribution in [0.2, 0.25) is 5.02 Å². The van der Waals surface area contributed by atoms with E-state index in [-0.39, 0.29) is 35.5 Å². The van der Waals surface area contributed by atoms with E-state index in [1.54, 1.807) is 22.8 Å². The van der Waals surface area contributed by atoms with E-state index < -0.39 is 0 Å². The number of methoxy groups -OCH3 is 1. The molecular weight excluding hydrogens is 572 g/mol. The van der Waals surface area contributed by atoms with E-state index in [1.165, 1.54) is 11.8 Å². The van der Waals surface area contributed by atoms with Gasteiger partial charge < -0.3 is 14.8 Å². The number of para-hydroxylation sites is 2. The van der Waals surface area contributed by atoms with Crippen LogP contribution in [0.4, 0.5) is 5.82 Å². The van der Waals surface area contributed by atoms with Crippen LogP contribution < -0.4 is 15.0 Å². The zero-order chi connectivity index (χ0) is 29.1. The second-order valence-electron chi connectivity index (χ2n) is 10.2. The van der Waals surface area contributed by atoms with Gasteiger partial charge in [0.25, 0.3) is 0 Å². The third kappa shape index (κ3) is 5.64. The van der Waals surface area contributed by atoms with E-state index in [2.05, 4.69) is 5.32 Å². The molecule has 0 unspecified atom stereocenters. The van der Waals surface area contributed by atoms with Gasteiger partial charge in [-0.05, 0) is 31.0 Å². The van der Waals surface area contributed by atoms with Gasteiger partial charge in [-0.25, -0.2) is 4.68 Å². The average molecular weight is 603 g/mol. The quantitative estimate of drug-likeness (QED) is 0.280. The van der Waals surface area contributed by atoms with Crippen molar-refractivity contribution in [2.75, 3.05) is 37.5 Å². The summed E-state index contributed by atoms with van der Waals surface area (Å²) in [5.41, 5.74) is 3.93. The van der Waals surface area contributed by atoms with Crippen molar-refractivity contribution in [1.29, 1.82) is 0 Å². The molecule has 6 rings (SSSR count). The van der Waals surface area contributed by atoms with Crippen molar-refractivity contribution in [1.82, 2.24) is 15.1 Å². The number of anilines is 1. The van der Waals surface area contributed by atoms with Gasteiger partial charge in [-0.15, -0.1) is 11.8 Å². The van der Waals surface area contributed by atoms with Crippen molar-refractivity contribution in [3.8, 4) is 22.7 Å². The van der Waals surface area contributed by atoms with E-state index in [0.29, 0.717) is 41.1 Å². The summed E-state index contributed by atoms with van der Waals surface area (Å²) in [5, 5.41) is 8.24. The summed E-state index contributed by atoms with van der Waals surface area (Å²) in [6, 6.07) is 25.0. The van der Waals surface area contributed by atoms with Gasteiger partial charge >= 0.3 is 0 Å². The normalized spacial score (nSPS) is 18.4. The molecule has 1 N–H and O–H groups in total. The molecule has 42 heavy (non-hydrogen) atoms. The number of aromatic nitrogens is 2. The van der Waals surface area contributed by atoms with Crippen LogP contribution in [0.1, 0.15) is 29.2 Å². The maximum absolute atomic E-state index is 13.9. The van der Waals surface area contributed by atoms with Gasteiger partial charge in [0.2, 0.25) is 11.8 Å². The number of carbonyl (C=O) groups is 2. The Morgan fingerprint density at radius 1 is 1.10 bits per heavy atom. The van der Waals surface area contributed by atoms with Gasteiger partial charge in [0, 0.05) is 29.8 Å². The van der Waals surface area contributed by atoms with Gasteiger partial charge in [-0.3, -0.25) is 14.5 Å². The number of halogens is 1. The Morgan fingerprint density at radius 3 is 2.62 bits per heavy atom. The molecule has 1 saturated heterocycles. The summed E-state index contributed by atoms with van der Waals surface area (Å²) in [5.74, 6) is 0.922. The lowest BCUT2D eigenvalue weighted by Gasteiger charge is -2.24. The second kappa shape index (κ2) is 12.6. The van der Waals surface area contributed by atoms with Crippen molar-refractivity contribution < 1.29 is 19.1 Å². The Balaban J connectivity index is 1.54.